The van der Waals surface area contributed by atoms with Gasteiger partial charge in [0.15, 0.2) is 5.92 Å². The topological polar surface area (TPSA) is 143 Å². The number of rotatable bonds is 5. The molecule has 172 valence electrons. The number of carbonyl (C=O) groups is 2. The van der Waals surface area contributed by atoms with Crippen LogP contribution in [0.5, 0.6) is 0 Å². The number of aliphatic imine (C=N–C) groups is 1. The largest absolute Gasteiger partial charge is 0.465 e. The molecule has 1 amide bonds. The lowest BCUT2D eigenvalue weighted by atomic mass is 9.91. The van der Waals surface area contributed by atoms with Crippen LogP contribution in [0.3, 0.4) is 0 Å². The van der Waals surface area contributed by atoms with Gasteiger partial charge in [-0.3, -0.25) is 25.0 Å². The second kappa shape index (κ2) is 9.59. The lowest BCUT2D eigenvalue weighted by molar-refractivity contribution is -0.384. The third-order valence-corrected chi connectivity index (χ3v) is 5.49. The van der Waals surface area contributed by atoms with E-state index in [9.17, 15) is 19.7 Å². The number of non-ortho nitro benzene ring substituents is 1. The van der Waals surface area contributed by atoms with Crippen molar-refractivity contribution < 1.29 is 19.2 Å². The molecule has 33 heavy (non-hydrogen) atoms. The first-order valence-corrected chi connectivity index (χ1v) is 10.5. The summed E-state index contributed by atoms with van der Waals surface area (Å²) in [5.41, 5.74) is 0.428. The molecule has 1 saturated heterocycles. The molecule has 0 unspecified atom stereocenters. The van der Waals surface area contributed by atoms with E-state index in [0.717, 1.165) is 0 Å². The van der Waals surface area contributed by atoms with Crippen molar-refractivity contribution in [3.05, 3.63) is 58.4 Å². The average molecular weight is 453 g/mol. The van der Waals surface area contributed by atoms with E-state index in [0.29, 0.717) is 43.7 Å². The number of nitrogens with one attached hydrogen (secondary N) is 1. The summed E-state index contributed by atoms with van der Waals surface area (Å²) in [6.45, 7) is 4.16. The highest BCUT2D eigenvalue weighted by atomic mass is 16.6. The minimum Gasteiger partial charge on any atom is -0.465 e. The van der Waals surface area contributed by atoms with Gasteiger partial charge in [-0.1, -0.05) is 12.1 Å². The molecule has 2 aliphatic rings. The Kier molecular flexibility index (Phi) is 6.43. The zero-order chi connectivity index (χ0) is 23.4. The van der Waals surface area contributed by atoms with Gasteiger partial charge >= 0.3 is 5.97 Å². The second-order valence-electron chi connectivity index (χ2n) is 7.49. The highest BCUT2D eigenvalue weighted by Gasteiger charge is 2.42. The molecule has 0 bridgehead atoms. The van der Waals surface area contributed by atoms with Gasteiger partial charge in [0.2, 0.25) is 17.8 Å². The lowest BCUT2D eigenvalue weighted by Gasteiger charge is -2.38. The number of nitro groups is 1. The van der Waals surface area contributed by atoms with Crippen molar-refractivity contribution in [1.82, 2.24) is 20.2 Å². The number of nitrogens with zero attached hydrogens (tertiary/aromatic N) is 6. The maximum atomic E-state index is 13.0. The molecule has 12 nitrogen and oxygen atoms in total. The van der Waals surface area contributed by atoms with Crippen LogP contribution in [0.2, 0.25) is 0 Å². The Labute approximate surface area is 189 Å². The first-order valence-electron chi connectivity index (χ1n) is 10.5. The fourth-order valence-corrected chi connectivity index (χ4v) is 3.83. The normalized spacial score (nSPS) is 20.6. The molecular weight excluding hydrogens is 430 g/mol. The highest BCUT2D eigenvalue weighted by molar-refractivity contribution is 6.08. The van der Waals surface area contributed by atoms with Crippen LogP contribution < -0.4 is 10.2 Å². The van der Waals surface area contributed by atoms with Crippen molar-refractivity contribution in [2.45, 2.75) is 13.0 Å². The zero-order valence-electron chi connectivity index (χ0n) is 18.0. The molecule has 0 aliphatic carbocycles. The summed E-state index contributed by atoms with van der Waals surface area (Å²) in [5.74, 6) is -1.40. The van der Waals surface area contributed by atoms with Gasteiger partial charge in [-0.15, -0.1) is 0 Å². The molecule has 0 saturated carbocycles. The SMILES string of the molecule is CCOC(=O)[C@@H]1C(=O)NC(N2CCN(c3ncccn3)CC2)=N[C@@H]1c1ccc([N+](=O)[O-])cc1. The predicted octanol–water partition coefficient (Wildman–Crippen LogP) is 0.913. The summed E-state index contributed by atoms with van der Waals surface area (Å²) >= 11 is 0. The minimum atomic E-state index is -1.19. The predicted molar refractivity (Wildman–Crippen MR) is 117 cm³/mol. The van der Waals surface area contributed by atoms with Crippen molar-refractivity contribution in [1.29, 1.82) is 0 Å². The summed E-state index contributed by atoms with van der Waals surface area (Å²) in [4.78, 5) is 53.2. The van der Waals surface area contributed by atoms with E-state index >= 15 is 0 Å². The standard InChI is InChI=1S/C21H23N7O5/c1-2-33-19(30)16-17(14-4-6-15(7-5-14)28(31)32)24-21(25-18(16)29)27-12-10-26(11-13-27)20-22-8-3-9-23-20/h3-9,16-17H,2,10-13H2,1H3,(H,24,25,29)/t16-,17+/m0/s1. The summed E-state index contributed by atoms with van der Waals surface area (Å²) in [6, 6.07) is 6.59. The van der Waals surface area contributed by atoms with Crippen LogP contribution >= 0.6 is 0 Å². The number of piperazine rings is 1. The van der Waals surface area contributed by atoms with Gasteiger partial charge in [0.1, 0.15) is 6.04 Å². The molecule has 1 N–H and O–H groups in total. The molecule has 1 aromatic heterocycles. The van der Waals surface area contributed by atoms with E-state index in [-0.39, 0.29) is 12.3 Å². The Balaban J connectivity index is 1.58. The average Bonchev–Trinajstić information content (AvgIpc) is 2.84. The van der Waals surface area contributed by atoms with Gasteiger partial charge in [-0.05, 0) is 18.6 Å². The van der Waals surface area contributed by atoms with Crippen molar-refractivity contribution in [2.24, 2.45) is 10.9 Å². The molecule has 1 fully saturated rings. The molecule has 2 aromatic rings. The van der Waals surface area contributed by atoms with E-state index in [1.54, 1.807) is 25.4 Å². The van der Waals surface area contributed by atoms with E-state index in [1.807, 2.05) is 9.80 Å². The summed E-state index contributed by atoms with van der Waals surface area (Å²) in [7, 11) is 0. The molecule has 0 spiro atoms. The number of nitro benzene ring substituents is 1. The lowest BCUT2D eigenvalue weighted by Crippen LogP contribution is -2.57. The number of anilines is 1. The summed E-state index contributed by atoms with van der Waals surface area (Å²) < 4.78 is 5.10. The van der Waals surface area contributed by atoms with Crippen molar-refractivity contribution in [3.8, 4) is 0 Å². The van der Waals surface area contributed by atoms with Crippen LogP contribution in [-0.2, 0) is 14.3 Å². The Morgan fingerprint density at radius 2 is 1.79 bits per heavy atom. The molecule has 0 radical (unpaired) electrons. The van der Waals surface area contributed by atoms with Crippen LogP contribution in [-0.4, -0.2) is 70.4 Å². The van der Waals surface area contributed by atoms with Crippen molar-refractivity contribution in [2.75, 3.05) is 37.7 Å². The molecule has 2 atom stereocenters. The van der Waals surface area contributed by atoms with Gasteiger partial charge in [0, 0.05) is 50.7 Å². The zero-order valence-corrected chi connectivity index (χ0v) is 18.0. The van der Waals surface area contributed by atoms with Crippen LogP contribution in [0.4, 0.5) is 11.6 Å². The van der Waals surface area contributed by atoms with Crippen LogP contribution in [0.1, 0.15) is 18.5 Å². The van der Waals surface area contributed by atoms with E-state index < -0.39 is 28.8 Å². The number of hydrogen-bond donors (Lipinski definition) is 1. The third-order valence-electron chi connectivity index (χ3n) is 5.49. The van der Waals surface area contributed by atoms with Crippen LogP contribution in [0, 0.1) is 16.0 Å². The van der Waals surface area contributed by atoms with Crippen LogP contribution in [0.25, 0.3) is 0 Å². The third kappa shape index (κ3) is 4.73. The number of benzene rings is 1. The monoisotopic (exact) mass is 453 g/mol. The number of hydrogen-bond acceptors (Lipinski definition) is 10. The minimum absolute atomic E-state index is 0.0878. The maximum absolute atomic E-state index is 13.0. The molecule has 4 rings (SSSR count). The van der Waals surface area contributed by atoms with Gasteiger partial charge in [-0.25, -0.2) is 15.0 Å². The van der Waals surface area contributed by atoms with Gasteiger partial charge in [0.05, 0.1) is 11.5 Å². The molecule has 12 heteroatoms. The Bertz CT molecular complexity index is 1050. The van der Waals surface area contributed by atoms with Crippen LogP contribution in [0.15, 0.2) is 47.7 Å². The number of guanidine groups is 1. The summed E-state index contributed by atoms with van der Waals surface area (Å²) in [6.07, 6.45) is 3.37. The van der Waals surface area contributed by atoms with Crippen molar-refractivity contribution in [3.63, 3.8) is 0 Å². The Morgan fingerprint density at radius 3 is 2.39 bits per heavy atom. The number of esters is 1. The van der Waals surface area contributed by atoms with Gasteiger partial charge in [-0.2, -0.15) is 0 Å². The summed E-state index contributed by atoms with van der Waals surface area (Å²) in [5, 5.41) is 13.7. The molecule has 3 heterocycles. The smallest absolute Gasteiger partial charge is 0.321 e. The quantitative estimate of drug-likeness (QED) is 0.302. The van der Waals surface area contributed by atoms with E-state index in [4.69, 9.17) is 4.74 Å². The van der Waals surface area contributed by atoms with Gasteiger partial charge < -0.3 is 14.5 Å². The fraction of sp³-hybridized carbons (Fsp3) is 0.381. The molecule has 2 aliphatic heterocycles. The Morgan fingerprint density at radius 1 is 1.15 bits per heavy atom. The molecular formula is C21H23N7O5. The number of amides is 1. The number of carbonyl (C=O) groups excluding carboxylic acids is 2. The van der Waals surface area contributed by atoms with E-state index in [1.165, 1.54) is 24.3 Å². The van der Waals surface area contributed by atoms with E-state index in [2.05, 4.69) is 20.3 Å². The molecule has 1 aromatic carbocycles. The first-order chi connectivity index (χ1) is 16.0. The first kappa shape index (κ1) is 22.1. The Hall–Kier alpha value is -4.09. The second-order valence-corrected chi connectivity index (χ2v) is 7.49. The number of ether oxygens (including phenoxy) is 1. The van der Waals surface area contributed by atoms with Gasteiger partial charge in [0.25, 0.3) is 5.69 Å². The van der Waals surface area contributed by atoms with Crippen molar-refractivity contribution >= 4 is 29.5 Å². The maximum Gasteiger partial charge on any atom is 0.321 e. The number of aromatic nitrogens is 2. The highest BCUT2D eigenvalue weighted by Crippen LogP contribution is 2.32. The fourth-order valence-electron chi connectivity index (χ4n) is 3.83.